The number of nitrogens with one attached hydrogen (secondary N) is 1. The molecule has 0 radical (unpaired) electrons. The Bertz CT molecular complexity index is 720. The maximum atomic E-state index is 10.8. The molecule has 108 valence electrons. The number of non-ortho nitro benzene ring substituents is 1. The molecule has 0 bridgehead atoms. The topological polar surface area (TPSA) is 124 Å². The van der Waals surface area contributed by atoms with Crippen LogP contribution in [0.15, 0.2) is 45.9 Å². The molecule has 2 aromatic rings. The van der Waals surface area contributed by atoms with Crippen LogP contribution in [0.25, 0.3) is 11.3 Å². The summed E-state index contributed by atoms with van der Waals surface area (Å²) in [5, 5.41) is 14.5. The summed E-state index contributed by atoms with van der Waals surface area (Å²) in [7, 11) is 0. The molecule has 0 atom stereocenters. The number of urea groups is 1. The smallest absolute Gasteiger partial charge is 0.332 e. The molecule has 0 fully saturated rings. The lowest BCUT2D eigenvalue weighted by molar-refractivity contribution is -0.384. The zero-order chi connectivity index (χ0) is 15.4. The van der Waals surface area contributed by atoms with Crippen molar-refractivity contribution in [3.8, 4) is 11.3 Å². The molecule has 0 aliphatic carbocycles. The van der Waals surface area contributed by atoms with Gasteiger partial charge in [-0.05, 0) is 19.1 Å². The lowest BCUT2D eigenvalue weighted by Crippen LogP contribution is -2.25. The lowest BCUT2D eigenvalue weighted by atomic mass is 10.1. The molecule has 0 aliphatic rings. The molecule has 0 saturated heterocycles. The highest BCUT2D eigenvalue weighted by atomic mass is 16.6. The summed E-state index contributed by atoms with van der Waals surface area (Å²) in [5.41, 5.74) is 7.98. The molecular formula is C13H12N4O4. The van der Waals surface area contributed by atoms with E-state index in [1.165, 1.54) is 12.1 Å². The Balaban J connectivity index is 2.27. The number of amides is 2. The van der Waals surface area contributed by atoms with Crippen molar-refractivity contribution in [2.45, 2.75) is 6.92 Å². The van der Waals surface area contributed by atoms with Crippen LogP contribution >= 0.6 is 0 Å². The zero-order valence-corrected chi connectivity index (χ0v) is 11.1. The number of nitrogens with zero attached hydrogens (tertiary/aromatic N) is 2. The Kier molecular flexibility index (Phi) is 3.98. The van der Waals surface area contributed by atoms with Crippen molar-refractivity contribution < 1.29 is 14.1 Å². The highest BCUT2D eigenvalue weighted by Crippen LogP contribution is 2.25. The van der Waals surface area contributed by atoms with E-state index in [-0.39, 0.29) is 5.69 Å². The number of nitrogens with two attached hydrogens (primary N) is 1. The molecule has 0 unspecified atom stereocenters. The Labute approximate surface area is 119 Å². The second-order valence-electron chi connectivity index (χ2n) is 4.14. The van der Waals surface area contributed by atoms with Gasteiger partial charge in [-0.3, -0.25) is 10.1 Å². The predicted octanol–water partition coefficient (Wildman–Crippen LogP) is 2.25. The van der Waals surface area contributed by atoms with Gasteiger partial charge in [-0.25, -0.2) is 10.2 Å². The van der Waals surface area contributed by atoms with E-state index in [9.17, 15) is 14.9 Å². The molecule has 0 aliphatic heterocycles. The minimum atomic E-state index is -0.778. The van der Waals surface area contributed by atoms with E-state index in [0.717, 1.165) is 0 Å². The third kappa shape index (κ3) is 3.44. The van der Waals surface area contributed by atoms with Crippen LogP contribution in [-0.2, 0) is 0 Å². The summed E-state index contributed by atoms with van der Waals surface area (Å²) in [4.78, 5) is 20.8. The van der Waals surface area contributed by atoms with E-state index >= 15 is 0 Å². The summed E-state index contributed by atoms with van der Waals surface area (Å²) in [5.74, 6) is 0.882. The van der Waals surface area contributed by atoms with Crippen LogP contribution in [0.1, 0.15) is 12.7 Å². The minimum absolute atomic E-state index is 0.0220. The molecule has 8 heteroatoms. The van der Waals surface area contributed by atoms with Crippen molar-refractivity contribution in [1.82, 2.24) is 5.43 Å². The van der Waals surface area contributed by atoms with E-state index in [1.54, 1.807) is 31.2 Å². The van der Waals surface area contributed by atoms with E-state index in [2.05, 4.69) is 10.5 Å². The van der Waals surface area contributed by atoms with Crippen molar-refractivity contribution in [3.05, 3.63) is 52.3 Å². The molecule has 8 nitrogen and oxygen atoms in total. The van der Waals surface area contributed by atoms with Crippen molar-refractivity contribution in [1.29, 1.82) is 0 Å². The average Bonchev–Trinajstić information content (AvgIpc) is 2.94. The Morgan fingerprint density at radius 2 is 2.14 bits per heavy atom. The fourth-order valence-electron chi connectivity index (χ4n) is 1.65. The fraction of sp³-hybridized carbons (Fsp3) is 0.0769. The number of benzene rings is 1. The SMILES string of the molecule is CC(=NNC(N)=O)c1ccc(-c2cccc([N+](=O)[O-])c2)o1. The Morgan fingerprint density at radius 3 is 2.81 bits per heavy atom. The Hall–Kier alpha value is -3.16. The van der Waals surface area contributed by atoms with Gasteiger partial charge in [-0.1, -0.05) is 12.1 Å². The highest BCUT2D eigenvalue weighted by Gasteiger charge is 2.11. The number of hydrogen-bond acceptors (Lipinski definition) is 5. The van der Waals surface area contributed by atoms with Crippen LogP contribution in [0.3, 0.4) is 0 Å². The van der Waals surface area contributed by atoms with Gasteiger partial charge in [0.05, 0.1) is 4.92 Å². The third-order valence-corrected chi connectivity index (χ3v) is 2.64. The van der Waals surface area contributed by atoms with Crippen LogP contribution in [0.4, 0.5) is 10.5 Å². The van der Waals surface area contributed by atoms with E-state index in [4.69, 9.17) is 10.2 Å². The predicted molar refractivity (Wildman–Crippen MR) is 75.7 cm³/mol. The molecule has 2 amide bonds. The summed E-state index contributed by atoms with van der Waals surface area (Å²) in [6.45, 7) is 1.63. The molecule has 3 N–H and O–H groups in total. The van der Waals surface area contributed by atoms with Crippen molar-refractivity contribution >= 4 is 17.4 Å². The van der Waals surface area contributed by atoms with Crippen LogP contribution in [0, 0.1) is 10.1 Å². The largest absolute Gasteiger partial charge is 0.455 e. The van der Waals surface area contributed by atoms with E-state index in [0.29, 0.717) is 22.8 Å². The summed E-state index contributed by atoms with van der Waals surface area (Å²) in [6, 6.07) is 8.62. The first-order valence-corrected chi connectivity index (χ1v) is 5.92. The van der Waals surface area contributed by atoms with Crippen molar-refractivity contribution in [3.63, 3.8) is 0 Å². The maximum absolute atomic E-state index is 10.8. The molecular weight excluding hydrogens is 276 g/mol. The second kappa shape index (κ2) is 5.87. The third-order valence-electron chi connectivity index (χ3n) is 2.64. The second-order valence-corrected chi connectivity index (χ2v) is 4.14. The summed E-state index contributed by atoms with van der Waals surface area (Å²) < 4.78 is 5.55. The minimum Gasteiger partial charge on any atom is -0.455 e. The first-order chi connectivity index (χ1) is 9.97. The van der Waals surface area contributed by atoms with E-state index < -0.39 is 11.0 Å². The standard InChI is InChI=1S/C13H12N4O4/c1-8(15-16-13(14)18)11-5-6-12(21-11)9-3-2-4-10(7-9)17(19)20/h2-7H,1H3,(H3,14,16,18). The van der Waals surface area contributed by atoms with Gasteiger partial charge in [-0.15, -0.1) is 0 Å². The van der Waals surface area contributed by atoms with Crippen LogP contribution in [0.2, 0.25) is 0 Å². The number of rotatable bonds is 4. The van der Waals surface area contributed by atoms with Crippen molar-refractivity contribution in [2.75, 3.05) is 0 Å². The first-order valence-electron chi connectivity index (χ1n) is 5.92. The van der Waals surface area contributed by atoms with Crippen LogP contribution in [0.5, 0.6) is 0 Å². The monoisotopic (exact) mass is 288 g/mol. The molecule has 1 heterocycles. The quantitative estimate of drug-likeness (QED) is 0.508. The van der Waals surface area contributed by atoms with Crippen LogP contribution < -0.4 is 11.2 Å². The molecule has 1 aromatic carbocycles. The molecule has 1 aromatic heterocycles. The van der Waals surface area contributed by atoms with Crippen molar-refractivity contribution in [2.24, 2.45) is 10.8 Å². The van der Waals surface area contributed by atoms with Gasteiger partial charge < -0.3 is 10.2 Å². The number of hydrazone groups is 1. The fourth-order valence-corrected chi connectivity index (χ4v) is 1.65. The molecule has 0 saturated carbocycles. The number of primary amides is 1. The van der Waals surface area contributed by atoms with Crippen LogP contribution in [-0.4, -0.2) is 16.7 Å². The summed E-state index contributed by atoms with van der Waals surface area (Å²) >= 11 is 0. The molecule has 2 rings (SSSR count). The van der Waals surface area contributed by atoms with Gasteiger partial charge in [0.1, 0.15) is 11.5 Å². The number of carbonyl (C=O) groups excluding carboxylic acids is 1. The highest BCUT2D eigenvalue weighted by molar-refractivity contribution is 5.97. The number of nitro groups is 1. The van der Waals surface area contributed by atoms with Gasteiger partial charge in [0.2, 0.25) is 0 Å². The zero-order valence-electron chi connectivity index (χ0n) is 11.1. The van der Waals surface area contributed by atoms with Gasteiger partial charge >= 0.3 is 6.03 Å². The molecule has 21 heavy (non-hydrogen) atoms. The lowest BCUT2D eigenvalue weighted by Gasteiger charge is -1.98. The number of carbonyl (C=O) groups is 1. The Morgan fingerprint density at radius 1 is 1.38 bits per heavy atom. The van der Waals surface area contributed by atoms with Gasteiger partial charge in [0.15, 0.2) is 5.76 Å². The summed E-state index contributed by atoms with van der Waals surface area (Å²) in [6.07, 6.45) is 0. The number of hydrogen-bond donors (Lipinski definition) is 2. The normalized spacial score (nSPS) is 11.2. The maximum Gasteiger partial charge on any atom is 0.332 e. The van der Waals surface area contributed by atoms with E-state index in [1.807, 2.05) is 0 Å². The average molecular weight is 288 g/mol. The first kappa shape index (κ1) is 14.3. The van der Waals surface area contributed by atoms with Gasteiger partial charge in [-0.2, -0.15) is 5.10 Å². The van der Waals surface area contributed by atoms with Gasteiger partial charge in [0.25, 0.3) is 5.69 Å². The van der Waals surface area contributed by atoms with Gasteiger partial charge in [0, 0.05) is 17.7 Å². The number of nitro benzene ring substituents is 1. The molecule has 0 spiro atoms. The number of furan rings is 1.